The molecule has 22 heavy (non-hydrogen) atoms. The van der Waals surface area contributed by atoms with E-state index >= 15 is 0 Å². The monoisotopic (exact) mass is 301 g/mol. The van der Waals surface area contributed by atoms with Crippen molar-refractivity contribution < 1.29 is 9.53 Å². The molecule has 1 N–H and O–H groups in total. The van der Waals surface area contributed by atoms with Crippen molar-refractivity contribution in [3.63, 3.8) is 0 Å². The van der Waals surface area contributed by atoms with Gasteiger partial charge in [0, 0.05) is 30.6 Å². The van der Waals surface area contributed by atoms with E-state index in [0.29, 0.717) is 17.9 Å². The van der Waals surface area contributed by atoms with Crippen LogP contribution in [0, 0.1) is 0 Å². The predicted octanol–water partition coefficient (Wildman–Crippen LogP) is 2.91. The molecule has 5 heteroatoms. The van der Waals surface area contributed by atoms with Crippen LogP contribution in [0.3, 0.4) is 0 Å². The summed E-state index contributed by atoms with van der Waals surface area (Å²) in [7, 11) is 1.61. The van der Waals surface area contributed by atoms with Crippen molar-refractivity contribution in [2.24, 2.45) is 0 Å². The molecule has 0 bridgehead atoms. The van der Waals surface area contributed by atoms with E-state index in [2.05, 4.69) is 29.0 Å². The Hall–Kier alpha value is -2.14. The lowest BCUT2D eigenvalue weighted by atomic mass is 10.1. The van der Waals surface area contributed by atoms with Gasteiger partial charge >= 0.3 is 0 Å². The molecule has 0 aliphatic rings. The molecule has 0 saturated heterocycles. The van der Waals surface area contributed by atoms with Crippen LogP contribution in [0.5, 0.6) is 5.75 Å². The van der Waals surface area contributed by atoms with E-state index in [0.717, 1.165) is 30.5 Å². The SMILES string of the molecule is CCN(CC)CCC(=O)Nc1cc(OC)cc2cccnc12. The van der Waals surface area contributed by atoms with Crippen molar-refractivity contribution in [2.75, 3.05) is 32.1 Å². The summed E-state index contributed by atoms with van der Waals surface area (Å²) >= 11 is 0. The van der Waals surface area contributed by atoms with Gasteiger partial charge in [0.25, 0.3) is 0 Å². The second kappa shape index (κ2) is 7.75. The van der Waals surface area contributed by atoms with Gasteiger partial charge in [-0.05, 0) is 25.2 Å². The largest absolute Gasteiger partial charge is 0.497 e. The molecule has 0 saturated carbocycles. The molecular formula is C17H23N3O2. The van der Waals surface area contributed by atoms with E-state index in [1.807, 2.05) is 24.3 Å². The number of amides is 1. The van der Waals surface area contributed by atoms with Crippen molar-refractivity contribution in [2.45, 2.75) is 20.3 Å². The highest BCUT2D eigenvalue weighted by atomic mass is 16.5. The fourth-order valence-corrected chi connectivity index (χ4v) is 2.39. The summed E-state index contributed by atoms with van der Waals surface area (Å²) in [6.45, 7) is 6.86. The average molecular weight is 301 g/mol. The highest BCUT2D eigenvalue weighted by molar-refractivity contribution is 6.01. The molecular weight excluding hydrogens is 278 g/mol. The Morgan fingerprint density at radius 3 is 2.77 bits per heavy atom. The average Bonchev–Trinajstić information content (AvgIpc) is 2.55. The Morgan fingerprint density at radius 1 is 1.32 bits per heavy atom. The van der Waals surface area contributed by atoms with Crippen LogP contribution in [0.1, 0.15) is 20.3 Å². The van der Waals surface area contributed by atoms with E-state index in [1.165, 1.54) is 0 Å². The van der Waals surface area contributed by atoms with E-state index < -0.39 is 0 Å². The van der Waals surface area contributed by atoms with Gasteiger partial charge in [0.2, 0.25) is 5.91 Å². The van der Waals surface area contributed by atoms with Crippen LogP contribution < -0.4 is 10.1 Å². The van der Waals surface area contributed by atoms with Crippen LogP contribution >= 0.6 is 0 Å². The van der Waals surface area contributed by atoms with Crippen molar-refractivity contribution in [1.29, 1.82) is 0 Å². The summed E-state index contributed by atoms with van der Waals surface area (Å²) in [5.41, 5.74) is 1.47. The fourth-order valence-electron chi connectivity index (χ4n) is 2.39. The summed E-state index contributed by atoms with van der Waals surface area (Å²) in [5.74, 6) is 0.701. The highest BCUT2D eigenvalue weighted by Gasteiger charge is 2.10. The van der Waals surface area contributed by atoms with Crippen molar-refractivity contribution in [3.05, 3.63) is 30.5 Å². The lowest BCUT2D eigenvalue weighted by Gasteiger charge is -2.17. The third-order valence-electron chi connectivity index (χ3n) is 3.74. The normalized spacial score (nSPS) is 10.9. The molecule has 0 atom stereocenters. The molecule has 1 heterocycles. The lowest BCUT2D eigenvalue weighted by molar-refractivity contribution is -0.116. The van der Waals surface area contributed by atoms with Gasteiger partial charge in [-0.1, -0.05) is 19.9 Å². The summed E-state index contributed by atoms with van der Waals surface area (Å²) in [6.07, 6.45) is 2.19. The first-order chi connectivity index (χ1) is 10.7. The number of carbonyl (C=O) groups is 1. The third kappa shape index (κ3) is 3.95. The Labute approximate surface area is 131 Å². The molecule has 2 rings (SSSR count). The van der Waals surface area contributed by atoms with E-state index in [1.54, 1.807) is 13.3 Å². The topological polar surface area (TPSA) is 54.5 Å². The molecule has 0 unspecified atom stereocenters. The first-order valence-electron chi connectivity index (χ1n) is 7.62. The van der Waals surface area contributed by atoms with Gasteiger partial charge in [0.15, 0.2) is 0 Å². The second-order valence-corrected chi connectivity index (χ2v) is 5.08. The van der Waals surface area contributed by atoms with Crippen LogP contribution in [0.4, 0.5) is 5.69 Å². The van der Waals surface area contributed by atoms with E-state index in [-0.39, 0.29) is 5.91 Å². The van der Waals surface area contributed by atoms with Crippen molar-refractivity contribution in [3.8, 4) is 5.75 Å². The molecule has 5 nitrogen and oxygen atoms in total. The van der Waals surface area contributed by atoms with Gasteiger partial charge in [-0.25, -0.2) is 0 Å². The second-order valence-electron chi connectivity index (χ2n) is 5.08. The molecule has 0 radical (unpaired) electrons. The number of methoxy groups -OCH3 is 1. The molecule has 118 valence electrons. The standard InChI is InChI=1S/C17H23N3O2/c1-4-20(5-2)10-8-16(21)19-15-12-14(22-3)11-13-7-6-9-18-17(13)15/h6-7,9,11-12H,4-5,8,10H2,1-3H3,(H,19,21). The maximum atomic E-state index is 12.2. The smallest absolute Gasteiger partial charge is 0.225 e. The van der Waals surface area contributed by atoms with Crippen molar-refractivity contribution >= 4 is 22.5 Å². The van der Waals surface area contributed by atoms with Crippen LogP contribution in [-0.2, 0) is 4.79 Å². The number of nitrogens with one attached hydrogen (secondary N) is 1. The first-order valence-corrected chi connectivity index (χ1v) is 7.62. The Morgan fingerprint density at radius 2 is 2.09 bits per heavy atom. The number of carbonyl (C=O) groups excluding carboxylic acids is 1. The number of hydrogen-bond acceptors (Lipinski definition) is 4. The zero-order chi connectivity index (χ0) is 15.9. The summed E-state index contributed by atoms with van der Waals surface area (Å²) < 4.78 is 5.29. The van der Waals surface area contributed by atoms with Crippen LogP contribution in [0.15, 0.2) is 30.5 Å². The number of aromatic nitrogens is 1. The maximum absolute atomic E-state index is 12.2. The van der Waals surface area contributed by atoms with Gasteiger partial charge in [-0.2, -0.15) is 0 Å². The Kier molecular flexibility index (Phi) is 5.72. The van der Waals surface area contributed by atoms with Crippen LogP contribution in [-0.4, -0.2) is 42.5 Å². The summed E-state index contributed by atoms with van der Waals surface area (Å²) in [4.78, 5) is 18.8. The molecule has 1 aromatic carbocycles. The van der Waals surface area contributed by atoms with Gasteiger partial charge in [0.1, 0.15) is 5.75 Å². The zero-order valence-electron chi connectivity index (χ0n) is 13.4. The number of nitrogens with zero attached hydrogens (tertiary/aromatic N) is 2. The van der Waals surface area contributed by atoms with E-state index in [9.17, 15) is 4.79 Å². The number of ether oxygens (including phenoxy) is 1. The Bertz CT molecular complexity index is 639. The molecule has 0 aliphatic carbocycles. The van der Waals surface area contributed by atoms with E-state index in [4.69, 9.17) is 4.74 Å². The highest BCUT2D eigenvalue weighted by Crippen LogP contribution is 2.27. The zero-order valence-corrected chi connectivity index (χ0v) is 13.4. The maximum Gasteiger partial charge on any atom is 0.225 e. The number of hydrogen-bond donors (Lipinski definition) is 1. The van der Waals surface area contributed by atoms with Gasteiger partial charge in [-0.3, -0.25) is 9.78 Å². The number of anilines is 1. The van der Waals surface area contributed by atoms with Crippen LogP contribution in [0.25, 0.3) is 10.9 Å². The number of pyridine rings is 1. The Balaban J connectivity index is 2.14. The van der Waals surface area contributed by atoms with Gasteiger partial charge < -0.3 is 15.0 Å². The molecule has 0 aliphatic heterocycles. The van der Waals surface area contributed by atoms with Gasteiger partial charge in [0.05, 0.1) is 18.3 Å². The molecule has 1 aromatic heterocycles. The minimum atomic E-state index is -0.00731. The number of benzene rings is 1. The quantitative estimate of drug-likeness (QED) is 0.854. The van der Waals surface area contributed by atoms with Crippen molar-refractivity contribution in [1.82, 2.24) is 9.88 Å². The molecule has 0 spiro atoms. The molecule has 1 amide bonds. The van der Waals surface area contributed by atoms with Gasteiger partial charge in [-0.15, -0.1) is 0 Å². The van der Waals surface area contributed by atoms with Crippen LogP contribution in [0.2, 0.25) is 0 Å². The molecule has 2 aromatic rings. The number of rotatable bonds is 7. The fraction of sp³-hybridized carbons (Fsp3) is 0.412. The summed E-state index contributed by atoms with van der Waals surface area (Å²) in [5, 5.41) is 3.90. The third-order valence-corrected chi connectivity index (χ3v) is 3.74. The lowest BCUT2D eigenvalue weighted by Crippen LogP contribution is -2.27. The minimum absolute atomic E-state index is 0.00731. The minimum Gasteiger partial charge on any atom is -0.497 e. The predicted molar refractivity (Wildman–Crippen MR) is 89.3 cm³/mol. The summed E-state index contributed by atoms with van der Waals surface area (Å²) in [6, 6.07) is 7.54. The molecule has 0 fully saturated rings. The first kappa shape index (κ1) is 16.2. The number of fused-ring (bicyclic) bond motifs is 1.